The Labute approximate surface area is 104 Å². The van der Waals surface area contributed by atoms with E-state index in [9.17, 15) is 13.6 Å². The lowest BCUT2D eigenvalue weighted by atomic mass is 10.3. The summed E-state index contributed by atoms with van der Waals surface area (Å²) in [4.78, 5) is 11.4. The SMILES string of the molecule is CCc1cc(C(=O)NCC(F)(F)CN)n[nH]1.Cl. The van der Waals surface area contributed by atoms with E-state index in [0.29, 0.717) is 6.42 Å². The first-order valence-electron chi connectivity index (χ1n) is 4.89. The van der Waals surface area contributed by atoms with Crippen molar-refractivity contribution in [2.45, 2.75) is 19.3 Å². The van der Waals surface area contributed by atoms with Crippen LogP contribution in [-0.4, -0.2) is 35.1 Å². The summed E-state index contributed by atoms with van der Waals surface area (Å²) in [5, 5.41) is 8.40. The van der Waals surface area contributed by atoms with Crippen LogP contribution < -0.4 is 11.1 Å². The normalized spacial score (nSPS) is 10.8. The van der Waals surface area contributed by atoms with E-state index in [4.69, 9.17) is 5.73 Å². The Morgan fingerprint density at radius 2 is 2.29 bits per heavy atom. The van der Waals surface area contributed by atoms with Crippen LogP contribution in [0.25, 0.3) is 0 Å². The molecule has 0 bridgehead atoms. The number of nitrogens with two attached hydrogens (primary N) is 1. The largest absolute Gasteiger partial charge is 0.345 e. The van der Waals surface area contributed by atoms with Crippen LogP contribution >= 0.6 is 12.4 Å². The van der Waals surface area contributed by atoms with E-state index in [2.05, 4.69) is 15.5 Å². The standard InChI is InChI=1S/C9H14F2N4O.ClH/c1-2-6-3-7(15-14-6)8(16)13-5-9(10,11)4-12;/h3H,2,4-5,12H2,1H3,(H,13,16)(H,14,15);1H. The molecule has 5 nitrogen and oxygen atoms in total. The second-order valence-electron chi connectivity index (χ2n) is 3.37. The summed E-state index contributed by atoms with van der Waals surface area (Å²) in [5.41, 5.74) is 5.71. The van der Waals surface area contributed by atoms with Crippen LogP contribution in [-0.2, 0) is 6.42 Å². The molecule has 1 aromatic heterocycles. The van der Waals surface area contributed by atoms with Crippen molar-refractivity contribution in [2.24, 2.45) is 5.73 Å². The molecule has 0 spiro atoms. The first-order valence-corrected chi connectivity index (χ1v) is 4.89. The van der Waals surface area contributed by atoms with Gasteiger partial charge in [0.05, 0.1) is 13.1 Å². The summed E-state index contributed by atoms with van der Waals surface area (Å²) < 4.78 is 25.5. The van der Waals surface area contributed by atoms with Crippen LogP contribution in [0.3, 0.4) is 0 Å². The number of amides is 1. The van der Waals surface area contributed by atoms with Gasteiger partial charge in [-0.15, -0.1) is 12.4 Å². The summed E-state index contributed by atoms with van der Waals surface area (Å²) in [7, 11) is 0. The summed E-state index contributed by atoms with van der Waals surface area (Å²) >= 11 is 0. The number of aromatic amines is 1. The molecule has 1 aromatic rings. The van der Waals surface area contributed by atoms with Crippen molar-refractivity contribution in [2.75, 3.05) is 13.1 Å². The van der Waals surface area contributed by atoms with Crippen molar-refractivity contribution in [3.05, 3.63) is 17.5 Å². The van der Waals surface area contributed by atoms with E-state index in [1.54, 1.807) is 0 Å². The van der Waals surface area contributed by atoms with Crippen molar-refractivity contribution < 1.29 is 13.6 Å². The van der Waals surface area contributed by atoms with Gasteiger partial charge in [-0.3, -0.25) is 9.89 Å². The second kappa shape index (κ2) is 6.51. The maximum Gasteiger partial charge on any atom is 0.277 e. The number of nitrogens with zero attached hydrogens (tertiary/aromatic N) is 1. The number of H-pyrrole nitrogens is 1. The minimum atomic E-state index is -3.08. The fourth-order valence-electron chi connectivity index (χ4n) is 1.03. The van der Waals surface area contributed by atoms with Gasteiger partial charge in [0.15, 0.2) is 0 Å². The first kappa shape index (κ1) is 15.8. The lowest BCUT2D eigenvalue weighted by molar-refractivity contribution is 0.0118. The number of alkyl halides is 2. The van der Waals surface area contributed by atoms with Gasteiger partial charge in [0.25, 0.3) is 11.8 Å². The van der Waals surface area contributed by atoms with Crippen LogP contribution in [0.4, 0.5) is 8.78 Å². The Hall–Kier alpha value is -1.21. The van der Waals surface area contributed by atoms with E-state index in [-0.39, 0.29) is 18.1 Å². The number of aryl methyl sites for hydroxylation is 1. The second-order valence-corrected chi connectivity index (χ2v) is 3.37. The maximum absolute atomic E-state index is 12.7. The summed E-state index contributed by atoms with van der Waals surface area (Å²) in [6, 6.07) is 1.52. The Morgan fingerprint density at radius 3 is 2.76 bits per heavy atom. The lowest BCUT2D eigenvalue weighted by Gasteiger charge is -2.13. The highest BCUT2D eigenvalue weighted by molar-refractivity contribution is 5.92. The minimum Gasteiger partial charge on any atom is -0.345 e. The molecule has 0 saturated carbocycles. The number of halogens is 3. The zero-order valence-electron chi connectivity index (χ0n) is 9.30. The molecule has 0 fully saturated rings. The van der Waals surface area contributed by atoms with Crippen LogP contribution in [0.2, 0.25) is 0 Å². The number of hydrogen-bond donors (Lipinski definition) is 3. The van der Waals surface area contributed by atoms with Crippen molar-refractivity contribution in [1.29, 1.82) is 0 Å². The van der Waals surface area contributed by atoms with E-state index < -0.39 is 24.9 Å². The van der Waals surface area contributed by atoms with Crippen molar-refractivity contribution in [3.8, 4) is 0 Å². The van der Waals surface area contributed by atoms with Gasteiger partial charge in [-0.25, -0.2) is 8.78 Å². The van der Waals surface area contributed by atoms with Crippen molar-refractivity contribution in [1.82, 2.24) is 15.5 Å². The van der Waals surface area contributed by atoms with Gasteiger partial charge in [-0.05, 0) is 12.5 Å². The van der Waals surface area contributed by atoms with Crippen LogP contribution in [0, 0.1) is 0 Å². The molecule has 1 heterocycles. The molecular weight excluding hydrogens is 254 g/mol. The van der Waals surface area contributed by atoms with Gasteiger partial charge in [0.2, 0.25) is 0 Å². The van der Waals surface area contributed by atoms with E-state index in [0.717, 1.165) is 5.69 Å². The molecule has 1 amide bonds. The van der Waals surface area contributed by atoms with Gasteiger partial charge in [-0.1, -0.05) is 6.92 Å². The number of nitrogens with one attached hydrogen (secondary N) is 2. The number of rotatable bonds is 5. The molecule has 0 unspecified atom stereocenters. The molecule has 1 rings (SSSR count). The molecule has 0 atom stereocenters. The third-order valence-electron chi connectivity index (χ3n) is 2.05. The third kappa shape index (κ3) is 4.66. The van der Waals surface area contributed by atoms with Gasteiger partial charge in [0, 0.05) is 5.69 Å². The number of hydrogen-bond acceptors (Lipinski definition) is 3. The van der Waals surface area contributed by atoms with E-state index in [1.807, 2.05) is 6.92 Å². The molecule has 0 radical (unpaired) electrons. The molecule has 0 aliphatic rings. The van der Waals surface area contributed by atoms with Gasteiger partial charge in [-0.2, -0.15) is 5.10 Å². The fraction of sp³-hybridized carbons (Fsp3) is 0.556. The first-order chi connectivity index (χ1) is 7.48. The smallest absolute Gasteiger partial charge is 0.277 e. The molecule has 0 aliphatic heterocycles. The monoisotopic (exact) mass is 268 g/mol. The summed E-state index contributed by atoms with van der Waals surface area (Å²) in [6.45, 7) is 0.308. The van der Waals surface area contributed by atoms with Crippen LogP contribution in [0.1, 0.15) is 23.1 Å². The fourth-order valence-corrected chi connectivity index (χ4v) is 1.03. The Balaban J connectivity index is 0.00000256. The third-order valence-corrected chi connectivity index (χ3v) is 2.05. The zero-order valence-corrected chi connectivity index (χ0v) is 10.1. The average molecular weight is 269 g/mol. The Morgan fingerprint density at radius 1 is 1.65 bits per heavy atom. The quantitative estimate of drug-likeness (QED) is 0.736. The highest BCUT2D eigenvalue weighted by atomic mass is 35.5. The molecule has 8 heteroatoms. The van der Waals surface area contributed by atoms with E-state index >= 15 is 0 Å². The highest BCUT2D eigenvalue weighted by Gasteiger charge is 2.27. The number of carbonyl (C=O) groups excluding carboxylic acids is 1. The molecule has 4 N–H and O–H groups in total. The number of aromatic nitrogens is 2. The molecule has 0 aromatic carbocycles. The van der Waals surface area contributed by atoms with Gasteiger partial charge >= 0.3 is 0 Å². The molecule has 17 heavy (non-hydrogen) atoms. The predicted octanol–water partition coefficient (Wildman–Crippen LogP) is 0.718. The Bertz CT molecular complexity index is 370. The van der Waals surface area contributed by atoms with Crippen molar-refractivity contribution >= 4 is 18.3 Å². The van der Waals surface area contributed by atoms with Crippen LogP contribution in [0.5, 0.6) is 0 Å². The van der Waals surface area contributed by atoms with Crippen LogP contribution in [0.15, 0.2) is 6.07 Å². The van der Waals surface area contributed by atoms with Crippen molar-refractivity contribution in [3.63, 3.8) is 0 Å². The Kier molecular flexibility index (Phi) is 6.04. The molecular formula is C9H15ClF2N4O. The highest BCUT2D eigenvalue weighted by Crippen LogP contribution is 2.09. The predicted molar refractivity (Wildman–Crippen MR) is 61.5 cm³/mol. The molecule has 0 aliphatic carbocycles. The summed E-state index contributed by atoms with van der Waals surface area (Å²) in [6.07, 6.45) is 0.694. The topological polar surface area (TPSA) is 83.8 Å². The maximum atomic E-state index is 12.7. The van der Waals surface area contributed by atoms with Gasteiger partial charge in [0.1, 0.15) is 5.69 Å². The average Bonchev–Trinajstić information content (AvgIpc) is 2.74. The molecule has 0 saturated heterocycles. The van der Waals surface area contributed by atoms with Gasteiger partial charge < -0.3 is 11.1 Å². The minimum absolute atomic E-state index is 0. The summed E-state index contributed by atoms with van der Waals surface area (Å²) in [5.74, 6) is -3.72. The number of carbonyl (C=O) groups is 1. The molecule has 98 valence electrons. The lowest BCUT2D eigenvalue weighted by Crippen LogP contribution is -2.41. The zero-order chi connectivity index (χ0) is 12.2. The van der Waals surface area contributed by atoms with E-state index in [1.165, 1.54) is 6.07 Å².